The summed E-state index contributed by atoms with van der Waals surface area (Å²) in [7, 11) is -0.880. The molecule has 0 radical (unpaired) electrons. The average molecular weight is 499 g/mol. The van der Waals surface area contributed by atoms with Gasteiger partial charge in [0.2, 0.25) is 0 Å². The number of aliphatic hydroxyl groups is 1. The Bertz CT molecular complexity index is 1510. The van der Waals surface area contributed by atoms with E-state index in [1.54, 1.807) is 43.4 Å². The van der Waals surface area contributed by atoms with Crippen LogP contribution in [0, 0.1) is 0 Å². The largest absolute Gasteiger partial charge is 0.497 e. The molecule has 3 N–H and O–H groups in total. The fraction of sp³-hybridized carbons (Fsp3) is 0.227. The first-order valence-corrected chi connectivity index (χ1v) is 12.0. The summed E-state index contributed by atoms with van der Waals surface area (Å²) < 4.78 is 47.0. The molecule has 1 aliphatic rings. The quantitative estimate of drug-likeness (QED) is 0.345. The lowest BCUT2D eigenvalue weighted by molar-refractivity contribution is 0.0462. The van der Waals surface area contributed by atoms with Crippen molar-refractivity contribution in [3.8, 4) is 17.2 Å². The summed E-state index contributed by atoms with van der Waals surface area (Å²) in [5.74, 6) is 1.28. The van der Waals surface area contributed by atoms with Gasteiger partial charge in [0.25, 0.3) is 10.0 Å². The third kappa shape index (κ3) is 4.50. The summed E-state index contributed by atoms with van der Waals surface area (Å²) in [5, 5.41) is 12.5. The second-order valence-corrected chi connectivity index (χ2v) is 9.38. The molecule has 182 valence electrons. The van der Waals surface area contributed by atoms with Crippen LogP contribution in [0.4, 0.5) is 17.3 Å². The molecular weight excluding hydrogens is 476 g/mol. The van der Waals surface area contributed by atoms with E-state index in [-0.39, 0.29) is 29.9 Å². The van der Waals surface area contributed by atoms with Crippen LogP contribution in [-0.4, -0.2) is 59.5 Å². The van der Waals surface area contributed by atoms with Gasteiger partial charge in [0.15, 0.2) is 34.3 Å². The van der Waals surface area contributed by atoms with E-state index < -0.39 is 16.1 Å². The van der Waals surface area contributed by atoms with Gasteiger partial charge in [-0.15, -0.1) is 0 Å². The van der Waals surface area contributed by atoms with Crippen LogP contribution in [0.25, 0.3) is 11.0 Å². The number of para-hydroxylation sites is 2. The number of nitrogens with one attached hydrogen (secondary N) is 2. The molecule has 4 aromatic rings. The third-order valence-electron chi connectivity index (χ3n) is 5.19. The average Bonchev–Trinajstić information content (AvgIpc) is 3.31. The molecule has 0 bridgehead atoms. The van der Waals surface area contributed by atoms with Crippen molar-refractivity contribution in [2.75, 3.05) is 30.4 Å². The minimum Gasteiger partial charge on any atom is -0.497 e. The molecular formula is C22H22N6O6S. The highest BCUT2D eigenvalue weighted by atomic mass is 32.2. The van der Waals surface area contributed by atoms with Gasteiger partial charge in [-0.1, -0.05) is 12.1 Å². The second kappa shape index (κ2) is 8.92. The zero-order valence-corrected chi connectivity index (χ0v) is 19.6. The number of aliphatic hydroxyl groups excluding tert-OH is 1. The van der Waals surface area contributed by atoms with Gasteiger partial charge in [0, 0.05) is 25.4 Å². The van der Waals surface area contributed by atoms with Crippen molar-refractivity contribution in [3.05, 3.63) is 48.9 Å². The second-order valence-electron chi connectivity index (χ2n) is 7.75. The maximum absolute atomic E-state index is 13.0. The van der Waals surface area contributed by atoms with Crippen molar-refractivity contribution in [2.45, 2.75) is 11.1 Å². The molecule has 2 aromatic carbocycles. The first kappa shape index (κ1) is 22.7. The minimum atomic E-state index is -4.06. The number of rotatable bonds is 7. The van der Waals surface area contributed by atoms with E-state index in [1.807, 2.05) is 0 Å². The first-order valence-electron chi connectivity index (χ1n) is 10.5. The van der Waals surface area contributed by atoms with Crippen molar-refractivity contribution in [3.63, 3.8) is 0 Å². The SMILES string of the molecule is COc1cc(Nc2nc3ccccc3nc2NS(=O)(=O)c2cn(C)cn2)c2c(c1)OCC(CO)O2. The highest BCUT2D eigenvalue weighted by Gasteiger charge is 2.27. The number of sulfonamides is 1. The maximum atomic E-state index is 13.0. The van der Waals surface area contributed by atoms with Gasteiger partial charge in [-0.05, 0) is 12.1 Å². The molecule has 2 aromatic heterocycles. The van der Waals surface area contributed by atoms with Crippen molar-refractivity contribution in [1.29, 1.82) is 0 Å². The number of hydrogen-bond donors (Lipinski definition) is 3. The Morgan fingerprint density at radius 1 is 1.20 bits per heavy atom. The number of methoxy groups -OCH3 is 1. The Morgan fingerprint density at radius 3 is 2.60 bits per heavy atom. The molecule has 12 nitrogen and oxygen atoms in total. The molecule has 0 spiro atoms. The van der Waals surface area contributed by atoms with Gasteiger partial charge in [0.1, 0.15) is 12.4 Å². The number of nitrogens with zero attached hydrogens (tertiary/aromatic N) is 4. The number of aromatic nitrogens is 4. The number of fused-ring (bicyclic) bond motifs is 2. The number of benzene rings is 2. The number of hydrogen-bond acceptors (Lipinski definition) is 10. The van der Waals surface area contributed by atoms with Crippen LogP contribution in [0.3, 0.4) is 0 Å². The zero-order valence-electron chi connectivity index (χ0n) is 18.8. The lowest BCUT2D eigenvalue weighted by atomic mass is 10.2. The monoisotopic (exact) mass is 498 g/mol. The molecule has 1 atom stereocenters. The number of anilines is 3. The summed E-state index contributed by atoms with van der Waals surface area (Å²) >= 11 is 0. The number of aryl methyl sites for hydroxylation is 1. The Hall–Kier alpha value is -4.10. The predicted octanol–water partition coefficient (Wildman–Crippen LogP) is 2.05. The van der Waals surface area contributed by atoms with E-state index in [1.165, 1.54) is 24.2 Å². The molecule has 1 aliphatic heterocycles. The highest BCUT2D eigenvalue weighted by molar-refractivity contribution is 7.92. The summed E-state index contributed by atoms with van der Waals surface area (Å²) in [5.41, 5.74) is 1.42. The van der Waals surface area contributed by atoms with Gasteiger partial charge < -0.3 is 29.2 Å². The molecule has 0 amide bonds. The Labute approximate surface area is 200 Å². The van der Waals surface area contributed by atoms with Crippen molar-refractivity contribution in [2.24, 2.45) is 7.05 Å². The summed E-state index contributed by atoms with van der Waals surface area (Å²) in [4.78, 5) is 13.0. The van der Waals surface area contributed by atoms with Crippen LogP contribution in [-0.2, 0) is 17.1 Å². The van der Waals surface area contributed by atoms with E-state index >= 15 is 0 Å². The smallest absolute Gasteiger partial charge is 0.282 e. The van der Waals surface area contributed by atoms with Gasteiger partial charge in [-0.2, -0.15) is 8.42 Å². The van der Waals surface area contributed by atoms with Crippen molar-refractivity contribution < 1.29 is 27.7 Å². The summed E-state index contributed by atoms with van der Waals surface area (Å²) in [6.07, 6.45) is 2.20. The molecule has 13 heteroatoms. The molecule has 0 saturated heterocycles. The molecule has 0 saturated carbocycles. The van der Waals surface area contributed by atoms with E-state index in [0.29, 0.717) is 34.0 Å². The standard InChI is InChI=1S/C22H22N6O6S/c1-28-9-19(23-12-28)35(30,31)27-22-21(24-15-5-3-4-6-16(15)25-22)26-17-7-13(32-2)8-18-20(17)34-14(10-29)11-33-18/h3-9,12,14,29H,10-11H2,1-2H3,(H,24,26)(H,25,27). The predicted molar refractivity (Wildman–Crippen MR) is 127 cm³/mol. The Morgan fingerprint density at radius 2 is 1.94 bits per heavy atom. The van der Waals surface area contributed by atoms with Crippen LogP contribution >= 0.6 is 0 Å². The van der Waals surface area contributed by atoms with Gasteiger partial charge in [0.05, 0.1) is 36.8 Å². The number of imidazole rings is 1. The fourth-order valence-electron chi connectivity index (χ4n) is 3.48. The Kier molecular flexibility index (Phi) is 5.78. The van der Waals surface area contributed by atoms with Crippen molar-refractivity contribution in [1.82, 2.24) is 19.5 Å². The third-order valence-corrected chi connectivity index (χ3v) is 6.41. The van der Waals surface area contributed by atoms with E-state index in [9.17, 15) is 13.5 Å². The zero-order chi connectivity index (χ0) is 24.6. The van der Waals surface area contributed by atoms with Crippen LogP contribution in [0.5, 0.6) is 17.2 Å². The van der Waals surface area contributed by atoms with Crippen molar-refractivity contribution >= 4 is 38.4 Å². The topological polar surface area (TPSA) is 150 Å². The Balaban J connectivity index is 1.60. The van der Waals surface area contributed by atoms with Crippen LogP contribution in [0.2, 0.25) is 0 Å². The lowest BCUT2D eigenvalue weighted by Gasteiger charge is -2.27. The molecule has 3 heterocycles. The molecule has 0 aliphatic carbocycles. The maximum Gasteiger partial charge on any atom is 0.282 e. The fourth-order valence-corrected chi connectivity index (χ4v) is 4.48. The van der Waals surface area contributed by atoms with E-state index in [0.717, 1.165) is 0 Å². The van der Waals surface area contributed by atoms with E-state index in [4.69, 9.17) is 14.2 Å². The normalized spacial score (nSPS) is 15.1. The van der Waals surface area contributed by atoms with Gasteiger partial charge in [-0.3, -0.25) is 4.72 Å². The summed E-state index contributed by atoms with van der Waals surface area (Å²) in [6, 6.07) is 10.4. The van der Waals surface area contributed by atoms with Crippen LogP contribution in [0.1, 0.15) is 0 Å². The molecule has 1 unspecified atom stereocenters. The highest BCUT2D eigenvalue weighted by Crippen LogP contribution is 2.44. The lowest BCUT2D eigenvalue weighted by Crippen LogP contribution is -2.32. The van der Waals surface area contributed by atoms with Gasteiger partial charge in [-0.25, -0.2) is 15.0 Å². The van der Waals surface area contributed by atoms with Crippen LogP contribution < -0.4 is 24.2 Å². The number of ether oxygens (including phenoxy) is 3. The molecule has 0 fully saturated rings. The molecule has 5 rings (SSSR count). The van der Waals surface area contributed by atoms with Gasteiger partial charge >= 0.3 is 0 Å². The molecule has 35 heavy (non-hydrogen) atoms. The minimum absolute atomic E-state index is 0.0404. The summed E-state index contributed by atoms with van der Waals surface area (Å²) in [6.45, 7) is -0.0726. The first-order chi connectivity index (χ1) is 16.9. The van der Waals surface area contributed by atoms with Crippen LogP contribution in [0.15, 0.2) is 53.9 Å². The van der Waals surface area contributed by atoms with E-state index in [2.05, 4.69) is 25.0 Å².